The second-order valence-corrected chi connectivity index (χ2v) is 6.86. The highest BCUT2D eigenvalue weighted by Gasteiger charge is 2.37. The monoisotopic (exact) mass is 326 g/mol. The fourth-order valence-electron chi connectivity index (χ4n) is 2.00. The largest absolute Gasteiger partial charge is 0.325 e. The molecule has 1 aromatic rings. The molecule has 0 aromatic heterocycles. The van der Waals surface area contributed by atoms with E-state index < -0.39 is 5.91 Å². The molecule has 1 fully saturated rings. The maximum Gasteiger partial charge on any atom is 0.244 e. The molecule has 1 heterocycles. The summed E-state index contributed by atoms with van der Waals surface area (Å²) in [6.07, 6.45) is 0. The van der Waals surface area contributed by atoms with Gasteiger partial charge in [0.1, 0.15) is 6.54 Å². The summed E-state index contributed by atoms with van der Waals surface area (Å²) in [5.41, 5.74) is 0.566. The highest BCUT2D eigenvalue weighted by Crippen LogP contribution is 2.26. The Morgan fingerprint density at radius 3 is 2.24 bits per heavy atom. The summed E-state index contributed by atoms with van der Waals surface area (Å²) in [4.78, 5) is 37.0. The molecule has 5 nitrogen and oxygen atoms in total. The standard InChI is InChI=1S/C14H15ClN2O3S/c1-8-13(19)17(14(20)9(2)21-8)7-12(18)16-11-5-3-10(15)4-6-11/h3-6,8-9H,7H2,1-2H3,(H,16,18)/t8-,9-/m0/s1. The third-order valence-electron chi connectivity index (χ3n) is 3.07. The van der Waals surface area contributed by atoms with Crippen molar-refractivity contribution in [1.82, 2.24) is 4.90 Å². The van der Waals surface area contributed by atoms with Crippen LogP contribution in [0.2, 0.25) is 5.02 Å². The molecule has 1 aliphatic heterocycles. The van der Waals surface area contributed by atoms with Crippen LogP contribution in [-0.2, 0) is 14.4 Å². The van der Waals surface area contributed by atoms with Crippen LogP contribution in [0.5, 0.6) is 0 Å². The van der Waals surface area contributed by atoms with Crippen LogP contribution in [0.4, 0.5) is 5.69 Å². The molecule has 0 unspecified atom stereocenters. The molecule has 0 aliphatic carbocycles. The topological polar surface area (TPSA) is 66.5 Å². The molecule has 3 amide bonds. The Balaban J connectivity index is 2.02. The highest BCUT2D eigenvalue weighted by atomic mass is 35.5. The Hall–Kier alpha value is -1.53. The van der Waals surface area contributed by atoms with Gasteiger partial charge in [-0.1, -0.05) is 11.6 Å². The van der Waals surface area contributed by atoms with Gasteiger partial charge in [0.2, 0.25) is 17.7 Å². The van der Waals surface area contributed by atoms with Gasteiger partial charge in [0, 0.05) is 10.7 Å². The van der Waals surface area contributed by atoms with Crippen LogP contribution in [-0.4, -0.2) is 39.7 Å². The van der Waals surface area contributed by atoms with Crippen LogP contribution in [0.1, 0.15) is 13.8 Å². The number of nitrogens with one attached hydrogen (secondary N) is 1. The van der Waals surface area contributed by atoms with Crippen molar-refractivity contribution in [3.63, 3.8) is 0 Å². The minimum absolute atomic E-state index is 0.268. The number of benzene rings is 1. The van der Waals surface area contributed by atoms with Crippen molar-refractivity contribution in [1.29, 1.82) is 0 Å². The normalized spacial score (nSPS) is 22.3. The van der Waals surface area contributed by atoms with E-state index >= 15 is 0 Å². The number of amides is 3. The number of nitrogens with zero attached hydrogens (tertiary/aromatic N) is 1. The summed E-state index contributed by atoms with van der Waals surface area (Å²) in [5, 5.41) is 2.56. The summed E-state index contributed by atoms with van der Waals surface area (Å²) < 4.78 is 0. The number of imide groups is 1. The third kappa shape index (κ3) is 3.77. The fourth-order valence-corrected chi connectivity index (χ4v) is 3.23. The third-order valence-corrected chi connectivity index (χ3v) is 4.54. The molecule has 0 radical (unpaired) electrons. The molecule has 2 rings (SSSR count). The van der Waals surface area contributed by atoms with Crippen LogP contribution >= 0.6 is 23.4 Å². The van der Waals surface area contributed by atoms with E-state index in [9.17, 15) is 14.4 Å². The summed E-state index contributed by atoms with van der Waals surface area (Å²) >= 11 is 7.07. The SMILES string of the molecule is C[C@@H]1S[C@@H](C)C(=O)N(CC(=O)Nc2ccc(Cl)cc2)C1=O. The predicted molar refractivity (Wildman–Crippen MR) is 83.3 cm³/mol. The quantitative estimate of drug-likeness (QED) is 0.864. The van der Waals surface area contributed by atoms with E-state index in [1.165, 1.54) is 11.8 Å². The van der Waals surface area contributed by atoms with E-state index in [0.717, 1.165) is 4.90 Å². The smallest absolute Gasteiger partial charge is 0.244 e. The first kappa shape index (κ1) is 15.9. The number of halogens is 1. The van der Waals surface area contributed by atoms with Gasteiger partial charge >= 0.3 is 0 Å². The number of carbonyl (C=O) groups excluding carboxylic acids is 3. The van der Waals surface area contributed by atoms with E-state index in [0.29, 0.717) is 10.7 Å². The van der Waals surface area contributed by atoms with Crippen molar-refractivity contribution in [2.24, 2.45) is 0 Å². The molecule has 21 heavy (non-hydrogen) atoms. The summed E-state index contributed by atoms with van der Waals surface area (Å²) in [6, 6.07) is 6.60. The highest BCUT2D eigenvalue weighted by molar-refractivity contribution is 8.02. The van der Waals surface area contributed by atoms with Gasteiger partial charge in [-0.2, -0.15) is 0 Å². The van der Waals surface area contributed by atoms with Crippen molar-refractivity contribution < 1.29 is 14.4 Å². The van der Waals surface area contributed by atoms with Gasteiger partial charge in [-0.3, -0.25) is 19.3 Å². The lowest BCUT2D eigenvalue weighted by Gasteiger charge is -2.31. The molecule has 2 atom stereocenters. The van der Waals surface area contributed by atoms with Gasteiger partial charge in [-0.05, 0) is 38.1 Å². The Morgan fingerprint density at radius 1 is 1.19 bits per heavy atom. The number of hydrogen-bond donors (Lipinski definition) is 1. The Labute approximate surface area is 132 Å². The average Bonchev–Trinajstić information content (AvgIpc) is 2.44. The zero-order valence-corrected chi connectivity index (χ0v) is 13.2. The van der Waals surface area contributed by atoms with Gasteiger partial charge < -0.3 is 5.32 Å². The number of hydrogen-bond acceptors (Lipinski definition) is 4. The lowest BCUT2D eigenvalue weighted by Crippen LogP contribution is -2.52. The summed E-state index contributed by atoms with van der Waals surface area (Å²) in [5.74, 6) is -1.06. The zero-order valence-electron chi connectivity index (χ0n) is 11.6. The van der Waals surface area contributed by atoms with Crippen LogP contribution in [0.25, 0.3) is 0 Å². The van der Waals surface area contributed by atoms with E-state index in [2.05, 4.69) is 5.32 Å². The molecule has 0 spiro atoms. The maximum atomic E-state index is 12.0. The number of anilines is 1. The predicted octanol–water partition coefficient (Wildman–Crippen LogP) is 2.16. The van der Waals surface area contributed by atoms with Crippen molar-refractivity contribution >= 4 is 46.8 Å². The number of thioether (sulfide) groups is 1. The summed E-state index contributed by atoms with van der Waals surface area (Å²) in [6.45, 7) is 3.20. The van der Waals surface area contributed by atoms with Gasteiger partial charge in [-0.15, -0.1) is 11.8 Å². The first-order chi connectivity index (χ1) is 9.88. The fraction of sp³-hybridized carbons (Fsp3) is 0.357. The lowest BCUT2D eigenvalue weighted by molar-refractivity contribution is -0.147. The Morgan fingerprint density at radius 2 is 1.71 bits per heavy atom. The first-order valence-electron chi connectivity index (χ1n) is 6.44. The van der Waals surface area contributed by atoms with E-state index in [1.807, 2.05) is 0 Å². The van der Waals surface area contributed by atoms with Crippen molar-refractivity contribution in [2.75, 3.05) is 11.9 Å². The average molecular weight is 327 g/mol. The molecule has 1 aliphatic rings. The van der Waals surface area contributed by atoms with Gasteiger partial charge in [0.05, 0.1) is 10.5 Å². The van der Waals surface area contributed by atoms with E-state index in [1.54, 1.807) is 38.1 Å². The zero-order chi connectivity index (χ0) is 15.6. The Bertz CT molecular complexity index is 556. The molecular weight excluding hydrogens is 312 g/mol. The molecule has 7 heteroatoms. The van der Waals surface area contributed by atoms with Crippen LogP contribution in [0.3, 0.4) is 0 Å². The lowest BCUT2D eigenvalue weighted by atomic mass is 10.3. The molecule has 0 bridgehead atoms. The van der Waals surface area contributed by atoms with E-state index in [4.69, 9.17) is 11.6 Å². The summed E-state index contributed by atoms with van der Waals surface area (Å²) in [7, 11) is 0. The van der Waals surface area contributed by atoms with Gasteiger partial charge in [-0.25, -0.2) is 0 Å². The van der Waals surface area contributed by atoms with Crippen LogP contribution < -0.4 is 5.32 Å². The van der Waals surface area contributed by atoms with Crippen molar-refractivity contribution in [3.8, 4) is 0 Å². The second-order valence-electron chi connectivity index (χ2n) is 4.74. The molecule has 1 aromatic carbocycles. The number of carbonyl (C=O) groups is 3. The van der Waals surface area contributed by atoms with E-state index in [-0.39, 0.29) is 28.9 Å². The second kappa shape index (κ2) is 6.49. The number of rotatable bonds is 3. The van der Waals surface area contributed by atoms with Crippen molar-refractivity contribution in [2.45, 2.75) is 24.3 Å². The van der Waals surface area contributed by atoms with Gasteiger partial charge in [0.15, 0.2) is 0 Å². The minimum Gasteiger partial charge on any atom is -0.325 e. The van der Waals surface area contributed by atoms with Crippen LogP contribution in [0.15, 0.2) is 24.3 Å². The van der Waals surface area contributed by atoms with Crippen molar-refractivity contribution in [3.05, 3.63) is 29.3 Å². The van der Waals surface area contributed by atoms with Crippen LogP contribution in [0, 0.1) is 0 Å². The van der Waals surface area contributed by atoms with Gasteiger partial charge in [0.25, 0.3) is 0 Å². The molecule has 0 saturated carbocycles. The molecular formula is C14H15ClN2O3S. The Kier molecular flexibility index (Phi) is 4.90. The maximum absolute atomic E-state index is 12.0. The molecule has 1 saturated heterocycles. The molecule has 112 valence electrons. The molecule has 1 N–H and O–H groups in total. The minimum atomic E-state index is -0.412. The first-order valence-corrected chi connectivity index (χ1v) is 7.76.